The molecule has 1 aliphatic heterocycles. The van der Waals surface area contributed by atoms with Crippen LogP contribution < -0.4 is 10.6 Å². The van der Waals surface area contributed by atoms with Gasteiger partial charge >= 0.3 is 0 Å². The van der Waals surface area contributed by atoms with Gasteiger partial charge in [-0.25, -0.2) is 4.68 Å². The van der Waals surface area contributed by atoms with Crippen molar-refractivity contribution in [1.29, 1.82) is 0 Å². The normalized spacial score (nSPS) is 17.2. The summed E-state index contributed by atoms with van der Waals surface area (Å²) in [6.07, 6.45) is 4.03. The van der Waals surface area contributed by atoms with Gasteiger partial charge in [0.25, 0.3) is 0 Å². The highest BCUT2D eigenvalue weighted by Crippen LogP contribution is 2.13. The number of aliphatic imine (C=N–C) groups is 1. The van der Waals surface area contributed by atoms with Crippen LogP contribution in [0.5, 0.6) is 0 Å². The molecule has 1 atom stereocenters. The predicted octanol–water partition coefficient (Wildman–Crippen LogP) is 1.75. The van der Waals surface area contributed by atoms with Crippen molar-refractivity contribution >= 4 is 5.96 Å². The SMILES string of the molecule is CCNC(=NCC(C)(O)CN1CCOCC1)NCCCc1cn(-c2ccccc2)nc1C. The molecule has 0 aliphatic carbocycles. The van der Waals surface area contributed by atoms with Crippen molar-refractivity contribution in [3.05, 3.63) is 47.8 Å². The summed E-state index contributed by atoms with van der Waals surface area (Å²) in [4.78, 5) is 6.86. The summed E-state index contributed by atoms with van der Waals surface area (Å²) in [7, 11) is 0. The van der Waals surface area contributed by atoms with Gasteiger partial charge in [0, 0.05) is 38.9 Å². The number of morpholine rings is 1. The van der Waals surface area contributed by atoms with E-state index in [2.05, 4.69) is 50.9 Å². The summed E-state index contributed by atoms with van der Waals surface area (Å²) < 4.78 is 7.33. The van der Waals surface area contributed by atoms with Crippen molar-refractivity contribution in [2.45, 2.75) is 39.2 Å². The van der Waals surface area contributed by atoms with E-state index in [1.807, 2.05) is 36.7 Å². The summed E-state index contributed by atoms with van der Waals surface area (Å²) in [5.41, 5.74) is 2.52. The van der Waals surface area contributed by atoms with Crippen LogP contribution in [0.1, 0.15) is 31.5 Å². The maximum atomic E-state index is 10.8. The van der Waals surface area contributed by atoms with E-state index in [0.717, 1.165) is 69.6 Å². The van der Waals surface area contributed by atoms with Crippen molar-refractivity contribution in [3.8, 4) is 5.69 Å². The van der Waals surface area contributed by atoms with Gasteiger partial charge in [-0.05, 0) is 51.3 Å². The highest BCUT2D eigenvalue weighted by molar-refractivity contribution is 5.79. The first-order chi connectivity index (χ1) is 15.5. The summed E-state index contributed by atoms with van der Waals surface area (Å²) in [5, 5.41) is 22.1. The topological polar surface area (TPSA) is 86.9 Å². The number of aromatic nitrogens is 2. The third kappa shape index (κ3) is 7.62. The Morgan fingerprint density at radius 3 is 2.69 bits per heavy atom. The molecule has 1 unspecified atom stereocenters. The molecule has 1 fully saturated rings. The Labute approximate surface area is 191 Å². The zero-order valence-electron chi connectivity index (χ0n) is 19.7. The zero-order valence-corrected chi connectivity index (χ0v) is 19.7. The molecule has 2 aromatic rings. The fraction of sp³-hybridized carbons (Fsp3) is 0.583. The lowest BCUT2D eigenvalue weighted by Gasteiger charge is -2.33. The van der Waals surface area contributed by atoms with Gasteiger partial charge in [-0.1, -0.05) is 18.2 Å². The fourth-order valence-corrected chi connectivity index (χ4v) is 3.82. The van der Waals surface area contributed by atoms with Crippen LogP contribution in [0.25, 0.3) is 5.69 Å². The minimum atomic E-state index is -0.872. The van der Waals surface area contributed by atoms with Crippen LogP contribution in [-0.2, 0) is 11.2 Å². The van der Waals surface area contributed by atoms with Crippen LogP contribution in [0.3, 0.4) is 0 Å². The van der Waals surface area contributed by atoms with E-state index in [9.17, 15) is 5.11 Å². The summed E-state index contributed by atoms with van der Waals surface area (Å²) in [6, 6.07) is 10.2. The van der Waals surface area contributed by atoms with E-state index >= 15 is 0 Å². The monoisotopic (exact) mass is 442 g/mol. The number of β-amino-alcohol motifs (C(OH)–C–C–N with tert-alkyl or cyclic N) is 1. The van der Waals surface area contributed by atoms with Gasteiger partial charge in [-0.3, -0.25) is 9.89 Å². The van der Waals surface area contributed by atoms with Gasteiger partial charge in [0.05, 0.1) is 36.7 Å². The predicted molar refractivity (Wildman–Crippen MR) is 128 cm³/mol. The van der Waals surface area contributed by atoms with Crippen LogP contribution in [0.4, 0.5) is 0 Å². The summed E-state index contributed by atoms with van der Waals surface area (Å²) in [6.45, 7) is 11.7. The number of hydrogen-bond donors (Lipinski definition) is 3. The minimum Gasteiger partial charge on any atom is -0.387 e. The second-order valence-electron chi connectivity index (χ2n) is 8.63. The molecule has 0 bridgehead atoms. The van der Waals surface area contributed by atoms with E-state index in [0.29, 0.717) is 13.1 Å². The van der Waals surface area contributed by atoms with Crippen LogP contribution in [0.2, 0.25) is 0 Å². The second-order valence-corrected chi connectivity index (χ2v) is 8.63. The Bertz CT molecular complexity index is 843. The fourth-order valence-electron chi connectivity index (χ4n) is 3.82. The molecule has 176 valence electrons. The summed E-state index contributed by atoms with van der Waals surface area (Å²) in [5.74, 6) is 0.742. The Morgan fingerprint density at radius 1 is 1.22 bits per heavy atom. The molecule has 8 heteroatoms. The molecular formula is C24H38N6O2. The highest BCUT2D eigenvalue weighted by atomic mass is 16.5. The van der Waals surface area contributed by atoms with Crippen LogP contribution in [-0.4, -0.2) is 83.8 Å². The number of benzene rings is 1. The molecule has 1 saturated heterocycles. The molecular weight excluding hydrogens is 404 g/mol. The number of rotatable bonds is 10. The zero-order chi connectivity index (χ0) is 22.8. The van der Waals surface area contributed by atoms with Gasteiger partial charge in [0.15, 0.2) is 5.96 Å². The smallest absolute Gasteiger partial charge is 0.191 e. The highest BCUT2D eigenvalue weighted by Gasteiger charge is 2.25. The average Bonchev–Trinajstić information content (AvgIpc) is 3.16. The number of hydrogen-bond acceptors (Lipinski definition) is 5. The van der Waals surface area contributed by atoms with Gasteiger partial charge in [-0.15, -0.1) is 0 Å². The number of guanidine groups is 1. The molecule has 2 heterocycles. The molecule has 3 N–H and O–H groups in total. The van der Waals surface area contributed by atoms with Crippen LogP contribution >= 0.6 is 0 Å². The average molecular weight is 443 g/mol. The largest absolute Gasteiger partial charge is 0.387 e. The van der Waals surface area contributed by atoms with Crippen molar-refractivity contribution in [2.75, 3.05) is 52.5 Å². The lowest BCUT2D eigenvalue weighted by Crippen LogP contribution is -2.48. The molecule has 0 spiro atoms. The van der Waals surface area contributed by atoms with Gasteiger partial charge < -0.3 is 20.5 Å². The quantitative estimate of drug-likeness (QED) is 0.295. The Morgan fingerprint density at radius 2 is 1.97 bits per heavy atom. The van der Waals surface area contributed by atoms with E-state index in [1.54, 1.807) is 0 Å². The first-order valence-electron chi connectivity index (χ1n) is 11.6. The van der Waals surface area contributed by atoms with Crippen molar-refractivity contribution in [1.82, 2.24) is 25.3 Å². The molecule has 0 amide bonds. The lowest BCUT2D eigenvalue weighted by molar-refractivity contribution is -0.0179. The molecule has 8 nitrogen and oxygen atoms in total. The lowest BCUT2D eigenvalue weighted by atomic mass is 10.1. The van der Waals surface area contributed by atoms with Crippen LogP contribution in [0, 0.1) is 6.92 Å². The maximum absolute atomic E-state index is 10.8. The van der Waals surface area contributed by atoms with Crippen LogP contribution in [0.15, 0.2) is 41.5 Å². The van der Waals surface area contributed by atoms with E-state index < -0.39 is 5.60 Å². The van der Waals surface area contributed by atoms with Crippen molar-refractivity contribution in [3.63, 3.8) is 0 Å². The number of para-hydroxylation sites is 1. The summed E-state index contributed by atoms with van der Waals surface area (Å²) >= 11 is 0. The van der Waals surface area contributed by atoms with E-state index in [4.69, 9.17) is 4.74 Å². The van der Waals surface area contributed by atoms with E-state index in [1.165, 1.54) is 5.56 Å². The molecule has 32 heavy (non-hydrogen) atoms. The molecule has 1 aromatic carbocycles. The van der Waals surface area contributed by atoms with Crippen molar-refractivity contribution < 1.29 is 9.84 Å². The number of nitrogens with one attached hydrogen (secondary N) is 2. The molecule has 3 rings (SSSR count). The van der Waals surface area contributed by atoms with E-state index in [-0.39, 0.29) is 0 Å². The molecule has 1 aliphatic rings. The van der Waals surface area contributed by atoms with Gasteiger partial charge in [0.1, 0.15) is 0 Å². The number of nitrogens with zero attached hydrogens (tertiary/aromatic N) is 4. The Kier molecular flexibility index (Phi) is 9.08. The maximum Gasteiger partial charge on any atom is 0.191 e. The van der Waals surface area contributed by atoms with Gasteiger partial charge in [0.2, 0.25) is 0 Å². The first-order valence-corrected chi connectivity index (χ1v) is 11.6. The van der Waals surface area contributed by atoms with Gasteiger partial charge in [-0.2, -0.15) is 5.10 Å². The number of aliphatic hydroxyl groups is 1. The molecule has 0 radical (unpaired) electrons. The number of ether oxygens (including phenoxy) is 1. The Balaban J connectivity index is 1.46. The number of aryl methyl sites for hydroxylation is 2. The molecule has 1 aromatic heterocycles. The Hall–Kier alpha value is -2.42. The molecule has 0 saturated carbocycles. The first kappa shape index (κ1) is 24.2. The second kappa shape index (κ2) is 12.0. The minimum absolute atomic E-state index is 0.350. The third-order valence-electron chi connectivity index (χ3n) is 5.53. The van der Waals surface area contributed by atoms with Crippen molar-refractivity contribution in [2.24, 2.45) is 4.99 Å². The standard InChI is InChI=1S/C24H38N6O2/c1-4-25-23(27-18-24(3,31)19-29-13-15-32-16-14-29)26-12-8-9-21-17-30(28-20(21)2)22-10-6-5-7-11-22/h5-7,10-11,17,31H,4,8-9,12-16,18-19H2,1-3H3,(H2,25,26,27). The third-order valence-corrected chi connectivity index (χ3v) is 5.53.